The summed E-state index contributed by atoms with van der Waals surface area (Å²) in [5.41, 5.74) is 0.250. The van der Waals surface area contributed by atoms with Gasteiger partial charge in [0.1, 0.15) is 6.23 Å². The van der Waals surface area contributed by atoms with Crippen LogP contribution in [0.1, 0.15) is 48.8 Å². The quantitative estimate of drug-likeness (QED) is 0.379. The van der Waals surface area contributed by atoms with Gasteiger partial charge in [-0.3, -0.25) is 9.69 Å². The Kier molecular flexibility index (Phi) is 8.93. The molecule has 36 heavy (non-hydrogen) atoms. The topological polar surface area (TPSA) is 79.6 Å². The van der Waals surface area contributed by atoms with Crippen LogP contribution in [0, 0.1) is 17.2 Å². The van der Waals surface area contributed by atoms with Crippen LogP contribution in [0.2, 0.25) is 0 Å². The fourth-order valence-electron chi connectivity index (χ4n) is 4.08. The van der Waals surface area contributed by atoms with E-state index in [-0.39, 0.29) is 22.6 Å². The maximum Gasteiger partial charge on any atom is 0.417 e. The summed E-state index contributed by atoms with van der Waals surface area (Å²) in [4.78, 5) is 14.4. The summed E-state index contributed by atoms with van der Waals surface area (Å²) in [6.45, 7) is 0. The number of nitriles is 1. The summed E-state index contributed by atoms with van der Waals surface area (Å²) in [6.07, 6.45) is -1.55. The van der Waals surface area contributed by atoms with Crippen molar-refractivity contribution in [1.82, 2.24) is 5.32 Å². The number of anilines is 2. The Bertz CT molecular complexity index is 1130. The van der Waals surface area contributed by atoms with Gasteiger partial charge in [0.2, 0.25) is 5.91 Å². The number of halogens is 3. The van der Waals surface area contributed by atoms with E-state index in [0.29, 0.717) is 18.5 Å². The van der Waals surface area contributed by atoms with E-state index in [9.17, 15) is 23.1 Å². The molecule has 1 fully saturated rings. The highest BCUT2D eigenvalue weighted by atomic mass is 32.1. The molecule has 1 aliphatic carbocycles. The molecule has 0 aliphatic heterocycles. The van der Waals surface area contributed by atoms with E-state index in [1.807, 2.05) is 24.3 Å². The number of benzene rings is 2. The van der Waals surface area contributed by atoms with Crippen LogP contribution >= 0.6 is 12.2 Å². The summed E-state index contributed by atoms with van der Waals surface area (Å²) in [5, 5.41) is 23.0. The van der Waals surface area contributed by atoms with Gasteiger partial charge < -0.3 is 15.3 Å². The first kappa shape index (κ1) is 27.4. The summed E-state index contributed by atoms with van der Waals surface area (Å²) < 4.78 is 40.9. The third-order valence-corrected chi connectivity index (χ3v) is 6.98. The predicted octanol–water partition coefficient (Wildman–Crippen LogP) is 4.99. The van der Waals surface area contributed by atoms with Gasteiger partial charge in [-0.15, -0.1) is 0 Å². The normalized spacial score (nSPS) is 14.4. The molecule has 1 atom stereocenters. The van der Waals surface area contributed by atoms with E-state index in [2.05, 4.69) is 5.32 Å². The fourth-order valence-corrected chi connectivity index (χ4v) is 4.39. The molecule has 192 valence electrons. The van der Waals surface area contributed by atoms with Gasteiger partial charge in [0.25, 0.3) is 0 Å². The third kappa shape index (κ3) is 6.33. The number of nitrogens with one attached hydrogen (secondary N) is 1. The van der Waals surface area contributed by atoms with Gasteiger partial charge in [-0.25, -0.2) is 0 Å². The summed E-state index contributed by atoms with van der Waals surface area (Å²) in [7, 11) is 3.29. The maximum absolute atomic E-state index is 13.6. The largest absolute Gasteiger partial charge is 0.417 e. The molecule has 1 saturated carbocycles. The van der Waals surface area contributed by atoms with Crippen LogP contribution in [0.4, 0.5) is 24.5 Å². The molecule has 0 saturated heterocycles. The molecule has 1 amide bonds. The van der Waals surface area contributed by atoms with Crippen molar-refractivity contribution in [2.75, 3.05) is 23.9 Å². The lowest BCUT2D eigenvalue weighted by Crippen LogP contribution is -2.51. The molecule has 0 aromatic heterocycles. The number of aliphatic hydroxyl groups is 1. The van der Waals surface area contributed by atoms with Crippen LogP contribution in [-0.4, -0.2) is 36.4 Å². The third-order valence-electron chi connectivity index (χ3n) is 6.51. The minimum Gasteiger partial charge on any atom is -0.373 e. The summed E-state index contributed by atoms with van der Waals surface area (Å²) >= 11 is 5.67. The molecule has 10 heteroatoms. The maximum atomic E-state index is 13.6. The SMILES string of the molecule is CNC(=O)CCCc1ccc(N(C)C(=S)N(c2ccc(C#N)c(C(F)(F)F)c2)C(O)C2CCC2)cc1. The first-order valence-electron chi connectivity index (χ1n) is 11.7. The van der Waals surface area contributed by atoms with Crippen molar-refractivity contribution in [2.24, 2.45) is 5.92 Å². The molecular formula is C26H29F3N4O2S. The van der Waals surface area contributed by atoms with Crippen LogP contribution in [-0.2, 0) is 17.4 Å². The van der Waals surface area contributed by atoms with E-state index >= 15 is 0 Å². The van der Waals surface area contributed by atoms with E-state index in [1.165, 1.54) is 11.0 Å². The van der Waals surface area contributed by atoms with Crippen molar-refractivity contribution in [3.05, 3.63) is 59.2 Å². The molecule has 2 aromatic carbocycles. The van der Waals surface area contributed by atoms with Crippen LogP contribution < -0.4 is 15.1 Å². The Morgan fingerprint density at radius 2 is 1.86 bits per heavy atom. The highest BCUT2D eigenvalue weighted by Crippen LogP contribution is 2.38. The van der Waals surface area contributed by atoms with Crippen molar-refractivity contribution >= 4 is 34.6 Å². The molecule has 3 rings (SSSR count). The average Bonchev–Trinajstić information content (AvgIpc) is 2.82. The molecule has 0 heterocycles. The Balaban J connectivity index is 1.86. The Morgan fingerprint density at radius 1 is 1.22 bits per heavy atom. The number of carbonyl (C=O) groups excluding carboxylic acids is 1. The molecule has 0 spiro atoms. The fraction of sp³-hybridized carbons (Fsp3) is 0.423. The molecular weight excluding hydrogens is 489 g/mol. The number of nitrogens with zero attached hydrogens (tertiary/aromatic N) is 3. The number of hydrogen-bond donors (Lipinski definition) is 2. The zero-order valence-corrected chi connectivity index (χ0v) is 21.0. The molecule has 1 unspecified atom stereocenters. The van der Waals surface area contributed by atoms with Gasteiger partial charge in [-0.2, -0.15) is 18.4 Å². The van der Waals surface area contributed by atoms with E-state index in [4.69, 9.17) is 17.5 Å². The van der Waals surface area contributed by atoms with Gasteiger partial charge in [0.15, 0.2) is 5.11 Å². The van der Waals surface area contributed by atoms with Gasteiger partial charge in [0.05, 0.1) is 17.2 Å². The van der Waals surface area contributed by atoms with E-state index in [1.54, 1.807) is 25.1 Å². The highest BCUT2D eigenvalue weighted by molar-refractivity contribution is 7.80. The van der Waals surface area contributed by atoms with Crippen molar-refractivity contribution < 1.29 is 23.1 Å². The zero-order valence-electron chi connectivity index (χ0n) is 20.2. The molecule has 6 nitrogen and oxygen atoms in total. The number of hydrogen-bond acceptors (Lipinski definition) is 4. The van der Waals surface area contributed by atoms with Crippen molar-refractivity contribution in [2.45, 2.75) is 50.9 Å². The lowest BCUT2D eigenvalue weighted by molar-refractivity contribution is -0.137. The minimum absolute atomic E-state index is 0.0155. The first-order chi connectivity index (χ1) is 17.1. The van der Waals surface area contributed by atoms with Crippen molar-refractivity contribution in [3.8, 4) is 6.07 Å². The number of rotatable bonds is 8. The second-order valence-electron chi connectivity index (χ2n) is 8.85. The Morgan fingerprint density at radius 3 is 2.39 bits per heavy atom. The smallest absolute Gasteiger partial charge is 0.373 e. The number of alkyl halides is 3. The van der Waals surface area contributed by atoms with Gasteiger partial charge in [-0.05, 0) is 73.8 Å². The lowest BCUT2D eigenvalue weighted by atomic mass is 9.83. The number of aryl methyl sites for hydroxylation is 1. The van der Waals surface area contributed by atoms with Gasteiger partial charge in [0, 0.05) is 37.8 Å². The second-order valence-corrected chi connectivity index (χ2v) is 9.21. The van der Waals surface area contributed by atoms with Crippen molar-refractivity contribution in [3.63, 3.8) is 0 Å². The van der Waals surface area contributed by atoms with E-state index in [0.717, 1.165) is 43.4 Å². The van der Waals surface area contributed by atoms with Crippen molar-refractivity contribution in [1.29, 1.82) is 5.26 Å². The second kappa shape index (κ2) is 11.7. The van der Waals surface area contributed by atoms with Crippen LogP contribution in [0.5, 0.6) is 0 Å². The standard InChI is InChI=1S/C26H29F3N4O2S/c1-31-23(34)8-3-5-17-9-12-20(13-10-17)32(2)25(36)33(24(35)18-6-4-7-18)21-14-11-19(16-30)22(15-21)26(27,28)29/h9-15,18,24,35H,3-8H2,1-2H3,(H,31,34). The first-order valence-corrected chi connectivity index (χ1v) is 12.1. The number of amides is 1. The number of aliphatic hydroxyl groups excluding tert-OH is 1. The molecule has 2 aromatic rings. The molecule has 0 radical (unpaired) electrons. The lowest BCUT2D eigenvalue weighted by Gasteiger charge is -2.41. The number of thiocarbonyl (C=S) groups is 1. The van der Waals surface area contributed by atoms with E-state index < -0.39 is 23.5 Å². The Labute approximate surface area is 214 Å². The van der Waals surface area contributed by atoms with Gasteiger partial charge in [-0.1, -0.05) is 18.6 Å². The minimum atomic E-state index is -4.73. The summed E-state index contributed by atoms with van der Waals surface area (Å²) in [6, 6.07) is 12.4. The zero-order chi connectivity index (χ0) is 26.5. The summed E-state index contributed by atoms with van der Waals surface area (Å²) in [5.74, 6) is -0.137. The molecule has 2 N–H and O–H groups in total. The molecule has 0 bridgehead atoms. The molecule has 1 aliphatic rings. The van der Waals surface area contributed by atoms with Crippen LogP contribution in [0.15, 0.2) is 42.5 Å². The average molecular weight is 519 g/mol. The number of carbonyl (C=O) groups is 1. The Hall–Kier alpha value is -3.16. The monoisotopic (exact) mass is 518 g/mol. The predicted molar refractivity (Wildman–Crippen MR) is 136 cm³/mol. The highest BCUT2D eigenvalue weighted by Gasteiger charge is 2.37. The van der Waals surface area contributed by atoms with Gasteiger partial charge >= 0.3 is 6.18 Å². The van der Waals surface area contributed by atoms with Crippen LogP contribution in [0.3, 0.4) is 0 Å². The van der Waals surface area contributed by atoms with Crippen LogP contribution in [0.25, 0.3) is 0 Å².